The molecule has 0 fully saturated rings. The third-order valence-corrected chi connectivity index (χ3v) is 5.47. The van der Waals surface area contributed by atoms with Crippen LogP contribution in [0.3, 0.4) is 0 Å². The number of hydrogen-bond donors (Lipinski definition) is 1. The Morgan fingerprint density at radius 2 is 1.44 bits per heavy atom. The second-order valence-corrected chi connectivity index (χ2v) is 7.31. The number of nitrogens with zero attached hydrogens (tertiary/aromatic N) is 1. The number of ether oxygens (including phenoxy) is 3. The van der Waals surface area contributed by atoms with Crippen LogP contribution in [0.5, 0.6) is 0 Å². The molecular formula is C16H20ClNO9. The van der Waals surface area contributed by atoms with Crippen LogP contribution in [0.4, 0.5) is 0 Å². The van der Waals surface area contributed by atoms with Crippen molar-refractivity contribution in [2.24, 2.45) is 22.2 Å². The molecule has 150 valence electrons. The molecule has 4 atom stereocenters. The van der Waals surface area contributed by atoms with Gasteiger partial charge in [-0.05, 0) is 13.8 Å². The predicted molar refractivity (Wildman–Crippen MR) is 80.4 cm³/mol. The van der Waals surface area contributed by atoms with Crippen LogP contribution < -0.4 is 14.0 Å². The molecule has 0 radical (unpaired) electrons. The van der Waals surface area contributed by atoms with Crippen LogP contribution in [-0.4, -0.2) is 49.4 Å². The number of methoxy groups -OCH3 is 3. The number of halogens is 1. The monoisotopic (exact) mass is 405 g/mol. The maximum Gasteiger partial charge on any atom is 0.334 e. The van der Waals surface area contributed by atoms with Crippen molar-refractivity contribution in [3.05, 3.63) is 23.3 Å². The van der Waals surface area contributed by atoms with E-state index in [1.165, 1.54) is 14.2 Å². The van der Waals surface area contributed by atoms with Crippen molar-refractivity contribution < 1.29 is 52.7 Å². The molecule has 4 rings (SSSR count). The Morgan fingerprint density at radius 3 is 1.85 bits per heavy atom. The highest BCUT2D eigenvalue weighted by molar-refractivity contribution is 6.06. The summed E-state index contributed by atoms with van der Waals surface area (Å²) in [6.45, 7) is 3.99. The zero-order valence-electron chi connectivity index (χ0n) is 15.3. The van der Waals surface area contributed by atoms with E-state index in [4.69, 9.17) is 32.8 Å². The molecule has 0 spiro atoms. The van der Waals surface area contributed by atoms with Crippen LogP contribution in [0.25, 0.3) is 0 Å². The van der Waals surface area contributed by atoms with Crippen LogP contribution in [0, 0.1) is 27.5 Å². The van der Waals surface area contributed by atoms with Crippen LogP contribution in [0.2, 0.25) is 0 Å². The number of allylic oxidation sites excluding steroid dienone is 1. The molecule has 11 heteroatoms. The van der Waals surface area contributed by atoms with E-state index in [0.717, 1.165) is 0 Å². The second kappa shape index (κ2) is 6.88. The van der Waals surface area contributed by atoms with E-state index >= 15 is 0 Å². The van der Waals surface area contributed by atoms with Gasteiger partial charge in [0.2, 0.25) is 0 Å². The van der Waals surface area contributed by atoms with Crippen molar-refractivity contribution in [1.29, 1.82) is 0 Å². The van der Waals surface area contributed by atoms with E-state index in [1.807, 2.05) is 26.0 Å². The van der Waals surface area contributed by atoms with Crippen molar-refractivity contribution in [1.82, 2.24) is 0 Å². The van der Waals surface area contributed by atoms with Gasteiger partial charge in [0.25, 0.3) is 0 Å². The third-order valence-electron chi connectivity index (χ3n) is 5.47. The first-order chi connectivity index (χ1) is 12.4. The van der Waals surface area contributed by atoms with Gasteiger partial charge in [0.15, 0.2) is 5.90 Å². The summed E-state index contributed by atoms with van der Waals surface area (Å²) in [6.07, 6.45) is 3.87. The molecule has 10 nitrogen and oxygen atoms in total. The van der Waals surface area contributed by atoms with Gasteiger partial charge < -0.3 is 14.2 Å². The van der Waals surface area contributed by atoms with Gasteiger partial charge in [-0.15, -0.1) is 0 Å². The molecule has 0 saturated carbocycles. The lowest BCUT2D eigenvalue weighted by atomic mass is 9.45. The molecule has 0 aromatic rings. The van der Waals surface area contributed by atoms with E-state index in [9.17, 15) is 9.59 Å². The largest absolute Gasteiger partial charge is 0.484 e. The van der Waals surface area contributed by atoms with E-state index < -0.39 is 33.1 Å². The fourth-order valence-electron chi connectivity index (χ4n) is 4.10. The molecule has 0 aromatic heterocycles. The van der Waals surface area contributed by atoms with Gasteiger partial charge in [-0.2, -0.15) is 14.0 Å². The summed E-state index contributed by atoms with van der Waals surface area (Å²) in [4.78, 5) is 29.1. The number of carbonyl (C=O) groups is 2. The molecule has 0 saturated heterocycles. The molecule has 3 aliphatic carbocycles. The molecule has 1 aliphatic heterocycles. The Morgan fingerprint density at radius 1 is 1.04 bits per heavy atom. The van der Waals surface area contributed by atoms with E-state index in [1.54, 1.807) is 7.11 Å². The number of esters is 2. The van der Waals surface area contributed by atoms with Gasteiger partial charge in [0.05, 0.1) is 58.3 Å². The summed E-state index contributed by atoms with van der Waals surface area (Å²) in [7, 11) is -0.509. The van der Waals surface area contributed by atoms with E-state index in [-0.39, 0.29) is 11.8 Å². The standard InChI is InChI=1S/C16H19NO5.ClHO4/c1-15-8-6-7-9(16(15,2)17-14(15)22-5)11(13(19)21-4)10(8)12(18)20-3;2-1(3,4)5/h6-9H,1-5H3;(H,2,3,4,5). The maximum atomic E-state index is 12.3. The van der Waals surface area contributed by atoms with Crippen molar-refractivity contribution in [3.63, 3.8) is 0 Å². The van der Waals surface area contributed by atoms with Crippen molar-refractivity contribution in [3.8, 4) is 0 Å². The van der Waals surface area contributed by atoms with Gasteiger partial charge in [-0.1, -0.05) is 12.2 Å². The highest BCUT2D eigenvalue weighted by Gasteiger charge is 2.71. The fourth-order valence-corrected chi connectivity index (χ4v) is 4.10. The van der Waals surface area contributed by atoms with Crippen molar-refractivity contribution >= 4 is 17.8 Å². The molecule has 1 heterocycles. The Kier molecular flexibility index (Phi) is 5.43. The molecule has 4 aliphatic rings. The molecule has 1 N–H and O–H groups in total. The zero-order chi connectivity index (χ0) is 20.8. The quantitative estimate of drug-likeness (QED) is 0.376. The van der Waals surface area contributed by atoms with Gasteiger partial charge in [-0.25, -0.2) is 14.6 Å². The first-order valence-electron chi connectivity index (χ1n) is 7.73. The number of carbonyl (C=O) groups excluding carboxylic acids is 2. The lowest BCUT2D eigenvalue weighted by molar-refractivity contribution is -1.92. The minimum absolute atomic E-state index is 0.323. The SMILES string of the molecule is COC(=O)C1=C(C(=O)OC)C2C=CC1C1(C)N=C(OC)C21C.[O-][Cl+3]([O-])([O-])O. The van der Waals surface area contributed by atoms with Gasteiger partial charge >= 0.3 is 11.9 Å². The molecule has 2 bridgehead atoms. The second-order valence-electron chi connectivity index (χ2n) is 6.52. The summed E-state index contributed by atoms with van der Waals surface area (Å²) in [6, 6.07) is 0. The van der Waals surface area contributed by atoms with Gasteiger partial charge in [0.1, 0.15) is 0 Å². The Bertz CT molecular complexity index is 747. The lowest BCUT2D eigenvalue weighted by Gasteiger charge is -2.62. The third kappa shape index (κ3) is 3.13. The molecule has 4 unspecified atom stereocenters. The summed E-state index contributed by atoms with van der Waals surface area (Å²) >= 11 is 0. The summed E-state index contributed by atoms with van der Waals surface area (Å²) in [5.74, 6) is -1.08. The topological polar surface area (TPSA) is 164 Å². The van der Waals surface area contributed by atoms with Crippen LogP contribution in [0.1, 0.15) is 13.8 Å². The first kappa shape index (κ1) is 21.3. The predicted octanol–water partition coefficient (Wildman–Crippen LogP) is -2.86. The number of aliphatic imine (C=N–C) groups is 1. The van der Waals surface area contributed by atoms with Crippen molar-refractivity contribution in [2.45, 2.75) is 19.4 Å². The lowest BCUT2D eigenvalue weighted by Crippen LogP contribution is -2.69. The Labute approximate surface area is 157 Å². The Hall–Kier alpha value is -1.98. The van der Waals surface area contributed by atoms with Gasteiger partial charge in [0, 0.05) is 11.8 Å². The smallest absolute Gasteiger partial charge is 0.334 e. The first-order valence-corrected chi connectivity index (χ1v) is 8.99. The van der Waals surface area contributed by atoms with E-state index in [0.29, 0.717) is 17.0 Å². The maximum absolute atomic E-state index is 12.3. The normalized spacial score (nSPS) is 33.1. The Balaban J connectivity index is 0.000000465. The summed E-state index contributed by atoms with van der Waals surface area (Å²) in [5.41, 5.74) is -0.298. The average Bonchev–Trinajstić information content (AvgIpc) is 2.59. The summed E-state index contributed by atoms with van der Waals surface area (Å²) < 4.78 is 47.9. The van der Waals surface area contributed by atoms with E-state index in [2.05, 4.69) is 4.99 Å². The van der Waals surface area contributed by atoms with Gasteiger partial charge in [-0.3, -0.25) is 0 Å². The molecule has 0 aromatic carbocycles. The molecular weight excluding hydrogens is 386 g/mol. The average molecular weight is 406 g/mol. The number of hydrogen-bond acceptors (Lipinski definition) is 10. The van der Waals surface area contributed by atoms with Crippen molar-refractivity contribution in [2.75, 3.05) is 21.3 Å². The van der Waals surface area contributed by atoms with Crippen LogP contribution in [0.15, 0.2) is 28.3 Å². The summed E-state index contributed by atoms with van der Waals surface area (Å²) in [5, 5.41) is 0. The van der Waals surface area contributed by atoms with Crippen LogP contribution >= 0.6 is 0 Å². The minimum Gasteiger partial charge on any atom is -0.484 e. The highest BCUT2D eigenvalue weighted by atomic mass is 35.7. The fraction of sp³-hybridized carbons (Fsp3) is 0.562. The zero-order valence-corrected chi connectivity index (χ0v) is 16.1. The molecule has 0 amide bonds. The van der Waals surface area contributed by atoms with Crippen LogP contribution in [-0.2, 0) is 23.8 Å². The number of rotatable bonds is 2. The highest BCUT2D eigenvalue weighted by Crippen LogP contribution is 2.64. The minimum atomic E-state index is -4.69. The molecule has 27 heavy (non-hydrogen) atoms.